The fraction of sp³-hybridized carbons (Fsp3) is 0.714. The van der Waals surface area contributed by atoms with E-state index < -0.39 is 0 Å². The van der Waals surface area contributed by atoms with Crippen LogP contribution in [0.2, 0.25) is 0 Å². The van der Waals surface area contributed by atoms with Gasteiger partial charge in [-0.05, 0) is 21.0 Å². The molecular weight excluding hydrogens is 238 g/mol. The Morgan fingerprint density at radius 2 is 1.79 bits per heavy atom. The van der Waals surface area contributed by atoms with Gasteiger partial charge in [0.15, 0.2) is 0 Å². The molecule has 1 heterocycles. The lowest BCUT2D eigenvalue weighted by atomic mass is 9.96. The molecule has 0 radical (unpaired) electrons. The van der Waals surface area contributed by atoms with Crippen LogP contribution < -0.4 is 10.6 Å². The van der Waals surface area contributed by atoms with Gasteiger partial charge in [-0.2, -0.15) is 0 Å². The van der Waals surface area contributed by atoms with E-state index in [1.165, 1.54) is 0 Å². The number of hydrogen-bond donors (Lipinski definition) is 2. The van der Waals surface area contributed by atoms with Crippen LogP contribution in [0.4, 0.5) is 11.6 Å². The van der Waals surface area contributed by atoms with Gasteiger partial charge in [-0.3, -0.25) is 0 Å². The van der Waals surface area contributed by atoms with Gasteiger partial charge in [-0.15, -0.1) is 0 Å². The van der Waals surface area contributed by atoms with Crippen LogP contribution in [0.25, 0.3) is 0 Å². The van der Waals surface area contributed by atoms with Gasteiger partial charge in [0.25, 0.3) is 0 Å². The van der Waals surface area contributed by atoms with E-state index in [-0.39, 0.29) is 5.41 Å². The molecule has 1 rings (SSSR count). The van der Waals surface area contributed by atoms with Crippen molar-refractivity contribution in [2.24, 2.45) is 0 Å². The van der Waals surface area contributed by atoms with E-state index in [4.69, 9.17) is 0 Å². The minimum Gasteiger partial charge on any atom is -0.373 e. The smallest absolute Gasteiger partial charge is 0.138 e. The summed E-state index contributed by atoms with van der Waals surface area (Å²) in [6.07, 6.45) is 0. The summed E-state index contributed by atoms with van der Waals surface area (Å²) < 4.78 is 0. The zero-order valence-electron chi connectivity index (χ0n) is 13.2. The maximum atomic E-state index is 4.62. The Kier molecular flexibility index (Phi) is 5.11. The highest BCUT2D eigenvalue weighted by atomic mass is 15.1. The number of hydrogen-bond acceptors (Lipinski definition) is 5. The first kappa shape index (κ1) is 15.7. The third-order valence-corrected chi connectivity index (χ3v) is 2.69. The topological polar surface area (TPSA) is 53.1 Å². The first-order chi connectivity index (χ1) is 8.72. The maximum Gasteiger partial charge on any atom is 0.138 e. The fourth-order valence-electron chi connectivity index (χ4n) is 1.83. The van der Waals surface area contributed by atoms with Gasteiger partial charge in [-0.1, -0.05) is 20.8 Å². The van der Waals surface area contributed by atoms with Crippen molar-refractivity contribution in [3.8, 4) is 0 Å². The number of anilines is 2. The Labute approximate surface area is 116 Å². The van der Waals surface area contributed by atoms with Gasteiger partial charge in [0, 0.05) is 31.1 Å². The van der Waals surface area contributed by atoms with Crippen molar-refractivity contribution < 1.29 is 0 Å². The van der Waals surface area contributed by atoms with E-state index in [1.54, 1.807) is 0 Å². The Balaban J connectivity index is 2.94. The molecule has 1 aromatic heterocycles. The van der Waals surface area contributed by atoms with Crippen LogP contribution in [0.3, 0.4) is 0 Å². The van der Waals surface area contributed by atoms with Crippen LogP contribution in [0.5, 0.6) is 0 Å². The van der Waals surface area contributed by atoms with E-state index >= 15 is 0 Å². The summed E-state index contributed by atoms with van der Waals surface area (Å²) in [6, 6.07) is 2.28. The molecule has 0 amide bonds. The van der Waals surface area contributed by atoms with Gasteiger partial charge in [0.2, 0.25) is 0 Å². The predicted octanol–water partition coefficient (Wildman–Crippen LogP) is 2.18. The highest BCUT2D eigenvalue weighted by Gasteiger charge is 2.19. The standard InChI is InChI=1S/C14H27N5/c1-10(9-19(6)7)16-12-8-11(15-5)17-13(18-12)14(2,3)4/h8,10H,9H2,1-7H3,(H2,15,16,17,18). The molecule has 0 bridgehead atoms. The van der Waals surface area contributed by atoms with Gasteiger partial charge >= 0.3 is 0 Å². The molecule has 1 atom stereocenters. The Morgan fingerprint density at radius 1 is 1.21 bits per heavy atom. The summed E-state index contributed by atoms with van der Waals surface area (Å²) in [4.78, 5) is 11.3. The zero-order chi connectivity index (χ0) is 14.6. The minimum atomic E-state index is -0.0614. The largest absolute Gasteiger partial charge is 0.373 e. The van der Waals surface area contributed by atoms with Crippen LogP contribution in [-0.2, 0) is 5.41 Å². The molecule has 1 aromatic rings. The van der Waals surface area contributed by atoms with E-state index in [1.807, 2.05) is 13.1 Å². The first-order valence-electron chi connectivity index (χ1n) is 6.71. The summed E-state index contributed by atoms with van der Waals surface area (Å²) in [6.45, 7) is 9.47. The lowest BCUT2D eigenvalue weighted by molar-refractivity contribution is 0.391. The molecule has 19 heavy (non-hydrogen) atoms. The molecule has 0 aliphatic carbocycles. The number of nitrogens with one attached hydrogen (secondary N) is 2. The van der Waals surface area contributed by atoms with Gasteiger partial charge in [0.05, 0.1) is 0 Å². The molecule has 0 aliphatic rings. The molecular formula is C14H27N5. The third kappa shape index (κ3) is 5.03. The van der Waals surface area contributed by atoms with E-state index in [2.05, 4.69) is 67.3 Å². The second-order valence-corrected chi connectivity index (χ2v) is 6.27. The first-order valence-corrected chi connectivity index (χ1v) is 6.71. The van der Waals surface area contributed by atoms with Gasteiger partial charge in [-0.25, -0.2) is 9.97 Å². The monoisotopic (exact) mass is 265 g/mol. The molecule has 0 fully saturated rings. The third-order valence-electron chi connectivity index (χ3n) is 2.69. The molecule has 0 aromatic carbocycles. The number of nitrogens with zero attached hydrogens (tertiary/aromatic N) is 3. The van der Waals surface area contributed by atoms with Crippen LogP contribution in [-0.4, -0.2) is 48.6 Å². The van der Waals surface area contributed by atoms with Crippen LogP contribution in [0, 0.1) is 0 Å². The summed E-state index contributed by atoms with van der Waals surface area (Å²) in [5.41, 5.74) is -0.0614. The molecule has 5 heteroatoms. The summed E-state index contributed by atoms with van der Waals surface area (Å²) in [7, 11) is 6.01. The molecule has 0 aliphatic heterocycles. The van der Waals surface area contributed by atoms with E-state index in [9.17, 15) is 0 Å². The summed E-state index contributed by atoms with van der Waals surface area (Å²) in [5, 5.41) is 6.52. The molecule has 0 saturated carbocycles. The number of likely N-dealkylation sites (N-methyl/N-ethyl adjacent to an activating group) is 1. The van der Waals surface area contributed by atoms with Crippen LogP contribution in [0.1, 0.15) is 33.5 Å². The number of aromatic nitrogens is 2. The van der Waals surface area contributed by atoms with Crippen molar-refractivity contribution in [3.05, 3.63) is 11.9 Å². The summed E-state index contributed by atoms with van der Waals surface area (Å²) >= 11 is 0. The summed E-state index contributed by atoms with van der Waals surface area (Å²) in [5.74, 6) is 2.57. The van der Waals surface area contributed by atoms with Crippen molar-refractivity contribution in [2.75, 3.05) is 38.3 Å². The predicted molar refractivity (Wildman–Crippen MR) is 81.9 cm³/mol. The van der Waals surface area contributed by atoms with Crippen molar-refractivity contribution in [2.45, 2.75) is 39.2 Å². The quantitative estimate of drug-likeness (QED) is 0.854. The molecule has 2 N–H and O–H groups in total. The lowest BCUT2D eigenvalue weighted by Gasteiger charge is -2.22. The zero-order valence-corrected chi connectivity index (χ0v) is 13.2. The number of rotatable bonds is 5. The molecule has 108 valence electrons. The Bertz CT molecular complexity index is 409. The van der Waals surface area contributed by atoms with Crippen LogP contribution in [0.15, 0.2) is 6.07 Å². The maximum absolute atomic E-state index is 4.62. The van der Waals surface area contributed by atoms with Crippen molar-refractivity contribution in [3.63, 3.8) is 0 Å². The lowest BCUT2D eigenvalue weighted by Crippen LogP contribution is -2.30. The average molecular weight is 265 g/mol. The normalized spacial score (nSPS) is 13.5. The van der Waals surface area contributed by atoms with E-state index in [0.29, 0.717) is 6.04 Å². The van der Waals surface area contributed by atoms with Gasteiger partial charge in [0.1, 0.15) is 17.5 Å². The SMILES string of the molecule is CNc1cc(NC(C)CN(C)C)nc(C(C)(C)C)n1. The van der Waals surface area contributed by atoms with Crippen molar-refractivity contribution in [1.29, 1.82) is 0 Å². The minimum absolute atomic E-state index is 0.0614. The Morgan fingerprint density at radius 3 is 2.26 bits per heavy atom. The van der Waals surface area contributed by atoms with E-state index in [0.717, 1.165) is 24.0 Å². The average Bonchev–Trinajstić information content (AvgIpc) is 2.25. The van der Waals surface area contributed by atoms with Crippen molar-refractivity contribution in [1.82, 2.24) is 14.9 Å². The highest BCUT2D eigenvalue weighted by molar-refractivity contribution is 5.48. The molecule has 0 saturated heterocycles. The van der Waals surface area contributed by atoms with Crippen molar-refractivity contribution >= 4 is 11.6 Å². The second-order valence-electron chi connectivity index (χ2n) is 6.27. The molecule has 5 nitrogen and oxygen atoms in total. The molecule has 1 unspecified atom stereocenters. The second kappa shape index (κ2) is 6.19. The fourth-order valence-corrected chi connectivity index (χ4v) is 1.83. The van der Waals surface area contributed by atoms with Crippen LogP contribution >= 0.6 is 0 Å². The van der Waals surface area contributed by atoms with Gasteiger partial charge < -0.3 is 15.5 Å². The highest BCUT2D eigenvalue weighted by Crippen LogP contribution is 2.22. The Hall–Kier alpha value is -1.36. The molecule has 0 spiro atoms.